The number of nitrogens with one attached hydrogen (secondary N) is 1. The molecule has 0 saturated heterocycles. The molecule has 0 spiro atoms. The van der Waals surface area contributed by atoms with E-state index in [9.17, 15) is 4.79 Å². The molecule has 1 aliphatic heterocycles. The number of nitrogens with zero attached hydrogens (tertiary/aromatic N) is 2. The second-order valence-electron chi connectivity index (χ2n) is 5.06. The molecule has 94 valence electrons. The van der Waals surface area contributed by atoms with Crippen LogP contribution in [0, 0.1) is 5.92 Å². The Bertz CT molecular complexity index is 510. The molecule has 1 atom stereocenters. The quantitative estimate of drug-likeness (QED) is 0.879. The molecule has 17 heavy (non-hydrogen) atoms. The van der Waals surface area contributed by atoms with Crippen molar-refractivity contribution in [3.8, 4) is 0 Å². The Hall–Kier alpha value is -0.970. The maximum Gasteiger partial charge on any atom is 0.270 e. The van der Waals surface area contributed by atoms with Crippen LogP contribution in [-0.2, 0) is 0 Å². The van der Waals surface area contributed by atoms with Gasteiger partial charge in [-0.15, -0.1) is 11.8 Å². The van der Waals surface area contributed by atoms with E-state index in [2.05, 4.69) is 23.9 Å². The van der Waals surface area contributed by atoms with Crippen molar-refractivity contribution in [2.24, 2.45) is 10.9 Å². The second kappa shape index (κ2) is 4.37. The molecule has 0 saturated carbocycles. The number of hydrogen-bond donors (Lipinski definition) is 1. The maximum atomic E-state index is 12.1. The third kappa shape index (κ3) is 2.08. The fourth-order valence-corrected chi connectivity index (χ4v) is 3.19. The zero-order chi connectivity index (χ0) is 12.7. The molecule has 2 heterocycles. The van der Waals surface area contributed by atoms with Gasteiger partial charge >= 0.3 is 0 Å². The first-order valence-electron chi connectivity index (χ1n) is 5.98. The zero-order valence-corrected chi connectivity index (χ0v) is 11.8. The van der Waals surface area contributed by atoms with Crippen molar-refractivity contribution in [2.75, 3.05) is 0 Å². The van der Waals surface area contributed by atoms with E-state index in [4.69, 9.17) is 0 Å². The SMILES string of the molecule is CC1=Nc2c(c(=O)[nH]n2C(C)C)C(C(C)C)S1. The molecule has 1 N–H and O–H groups in total. The van der Waals surface area contributed by atoms with Crippen molar-refractivity contribution in [2.45, 2.75) is 45.9 Å². The highest BCUT2D eigenvalue weighted by Crippen LogP contribution is 2.43. The number of H-pyrrole nitrogens is 1. The van der Waals surface area contributed by atoms with Gasteiger partial charge in [-0.1, -0.05) is 13.8 Å². The van der Waals surface area contributed by atoms with Gasteiger partial charge in [0.05, 0.1) is 10.6 Å². The van der Waals surface area contributed by atoms with Crippen LogP contribution in [-0.4, -0.2) is 14.8 Å². The molecule has 0 bridgehead atoms. The fraction of sp³-hybridized carbons (Fsp3) is 0.667. The van der Waals surface area contributed by atoms with Crippen molar-refractivity contribution in [3.63, 3.8) is 0 Å². The first-order chi connectivity index (χ1) is 7.91. The third-order valence-corrected chi connectivity index (χ3v) is 4.37. The van der Waals surface area contributed by atoms with E-state index in [1.165, 1.54) is 0 Å². The molecular weight excluding hydrogens is 234 g/mol. The molecule has 0 radical (unpaired) electrons. The Labute approximate surface area is 105 Å². The Morgan fingerprint density at radius 1 is 1.35 bits per heavy atom. The molecule has 0 fully saturated rings. The smallest absolute Gasteiger partial charge is 0.268 e. The number of rotatable bonds is 2. The van der Waals surface area contributed by atoms with E-state index in [-0.39, 0.29) is 16.9 Å². The molecule has 1 aromatic rings. The first kappa shape index (κ1) is 12.5. The normalized spacial score (nSPS) is 19.7. The predicted octanol–water partition coefficient (Wildman–Crippen LogP) is 3.25. The van der Waals surface area contributed by atoms with Crippen molar-refractivity contribution in [1.29, 1.82) is 0 Å². The number of thioether (sulfide) groups is 1. The molecule has 0 aliphatic carbocycles. The van der Waals surface area contributed by atoms with Gasteiger partial charge in [0, 0.05) is 11.3 Å². The number of aromatic amines is 1. The van der Waals surface area contributed by atoms with Gasteiger partial charge in [0.25, 0.3) is 5.56 Å². The molecule has 0 aromatic carbocycles. The summed E-state index contributed by atoms with van der Waals surface area (Å²) in [7, 11) is 0. The molecule has 4 nitrogen and oxygen atoms in total. The van der Waals surface area contributed by atoms with Crippen LogP contribution in [0.1, 0.15) is 51.5 Å². The van der Waals surface area contributed by atoms with Gasteiger partial charge in [0.2, 0.25) is 0 Å². The van der Waals surface area contributed by atoms with Crippen LogP contribution in [0.25, 0.3) is 0 Å². The lowest BCUT2D eigenvalue weighted by Gasteiger charge is -2.23. The van der Waals surface area contributed by atoms with E-state index < -0.39 is 0 Å². The minimum Gasteiger partial charge on any atom is -0.268 e. The predicted molar refractivity (Wildman–Crippen MR) is 73.4 cm³/mol. The molecule has 5 heteroatoms. The average Bonchev–Trinajstić information content (AvgIpc) is 2.54. The lowest BCUT2D eigenvalue weighted by Crippen LogP contribution is -2.16. The molecule has 1 aromatic heterocycles. The van der Waals surface area contributed by atoms with Gasteiger partial charge in [0.1, 0.15) is 0 Å². The monoisotopic (exact) mass is 253 g/mol. The van der Waals surface area contributed by atoms with Crippen LogP contribution >= 0.6 is 11.8 Å². The molecular formula is C12H19N3OS. The van der Waals surface area contributed by atoms with Gasteiger partial charge in [-0.3, -0.25) is 14.6 Å². The summed E-state index contributed by atoms with van der Waals surface area (Å²) in [6.45, 7) is 10.4. The van der Waals surface area contributed by atoms with Gasteiger partial charge in [0.15, 0.2) is 5.82 Å². The number of aromatic nitrogens is 2. The highest BCUT2D eigenvalue weighted by molar-refractivity contribution is 8.14. The average molecular weight is 253 g/mol. The molecule has 1 aliphatic rings. The molecule has 2 rings (SSSR count). The highest BCUT2D eigenvalue weighted by atomic mass is 32.2. The van der Waals surface area contributed by atoms with Gasteiger partial charge < -0.3 is 0 Å². The lowest BCUT2D eigenvalue weighted by molar-refractivity contribution is 0.532. The highest BCUT2D eigenvalue weighted by Gasteiger charge is 2.31. The topological polar surface area (TPSA) is 50.1 Å². The van der Waals surface area contributed by atoms with Crippen LogP contribution < -0.4 is 5.56 Å². The van der Waals surface area contributed by atoms with Crippen molar-refractivity contribution in [1.82, 2.24) is 9.78 Å². The Morgan fingerprint density at radius 2 is 2.00 bits per heavy atom. The minimum absolute atomic E-state index is 0.0103. The summed E-state index contributed by atoms with van der Waals surface area (Å²) in [5.74, 6) is 1.24. The van der Waals surface area contributed by atoms with Crippen LogP contribution in [0.15, 0.2) is 9.79 Å². The van der Waals surface area contributed by atoms with Crippen molar-refractivity contribution < 1.29 is 0 Å². The number of hydrogen-bond acceptors (Lipinski definition) is 3. The van der Waals surface area contributed by atoms with Crippen molar-refractivity contribution >= 4 is 22.6 Å². The lowest BCUT2D eigenvalue weighted by atomic mass is 10.0. The zero-order valence-electron chi connectivity index (χ0n) is 10.9. The third-order valence-electron chi connectivity index (χ3n) is 2.90. The minimum atomic E-state index is 0.0103. The Morgan fingerprint density at radius 3 is 2.53 bits per heavy atom. The Kier molecular flexibility index (Phi) is 3.21. The fourth-order valence-electron chi connectivity index (χ4n) is 2.09. The van der Waals surface area contributed by atoms with Gasteiger partial charge in [-0.25, -0.2) is 4.99 Å². The van der Waals surface area contributed by atoms with Crippen molar-refractivity contribution in [3.05, 3.63) is 15.9 Å². The van der Waals surface area contributed by atoms with Gasteiger partial charge in [-0.2, -0.15) is 0 Å². The maximum absolute atomic E-state index is 12.1. The van der Waals surface area contributed by atoms with Crippen LogP contribution in [0.4, 0.5) is 5.82 Å². The van der Waals surface area contributed by atoms with E-state index in [1.807, 2.05) is 25.5 Å². The summed E-state index contributed by atoms with van der Waals surface area (Å²) in [5.41, 5.74) is 0.848. The van der Waals surface area contributed by atoms with Crippen LogP contribution in [0.3, 0.4) is 0 Å². The summed E-state index contributed by atoms with van der Waals surface area (Å²) in [6, 6.07) is 0.221. The Balaban J connectivity index is 2.64. The standard InChI is InChI=1S/C12H19N3OS/c1-6(2)10-9-11(13-8(5)17-10)15(7(3)4)14-12(9)16/h6-7,10H,1-5H3,(H,14,16). The van der Waals surface area contributed by atoms with Crippen LogP contribution in [0.2, 0.25) is 0 Å². The second-order valence-corrected chi connectivity index (χ2v) is 6.39. The van der Waals surface area contributed by atoms with Crippen LogP contribution in [0.5, 0.6) is 0 Å². The summed E-state index contributed by atoms with van der Waals surface area (Å²) < 4.78 is 1.87. The molecule has 0 amide bonds. The number of fused-ring (bicyclic) bond motifs is 1. The summed E-state index contributed by atoms with van der Waals surface area (Å²) >= 11 is 1.69. The largest absolute Gasteiger partial charge is 0.270 e. The van der Waals surface area contributed by atoms with E-state index in [1.54, 1.807) is 11.8 Å². The van der Waals surface area contributed by atoms with E-state index >= 15 is 0 Å². The summed E-state index contributed by atoms with van der Waals surface area (Å²) in [4.78, 5) is 16.6. The van der Waals surface area contributed by atoms with E-state index in [0.29, 0.717) is 5.92 Å². The summed E-state index contributed by atoms with van der Waals surface area (Å²) in [5, 5.41) is 4.15. The first-order valence-corrected chi connectivity index (χ1v) is 6.86. The molecule has 1 unspecified atom stereocenters. The summed E-state index contributed by atoms with van der Waals surface area (Å²) in [6.07, 6.45) is 0. The van der Waals surface area contributed by atoms with Gasteiger partial charge in [-0.05, 0) is 26.7 Å². The number of aliphatic imine (C=N–C) groups is 1. The van der Waals surface area contributed by atoms with E-state index in [0.717, 1.165) is 16.4 Å².